The molecule has 0 saturated carbocycles. The zero-order valence-electron chi connectivity index (χ0n) is 10.5. The fourth-order valence-electron chi connectivity index (χ4n) is 2.09. The van der Waals surface area contributed by atoms with Gasteiger partial charge in [0.05, 0.1) is 0 Å². The average molecular weight is 251 g/mol. The first kappa shape index (κ1) is 13.0. The molecule has 3 nitrogen and oxygen atoms in total. The summed E-state index contributed by atoms with van der Waals surface area (Å²) in [6.07, 6.45) is 2.01. The molecule has 0 radical (unpaired) electrons. The predicted octanol–water partition coefficient (Wildman–Crippen LogP) is 2.29. The van der Waals surface area contributed by atoms with Gasteiger partial charge >= 0.3 is 0 Å². The van der Waals surface area contributed by atoms with Gasteiger partial charge in [-0.2, -0.15) is 0 Å². The van der Waals surface area contributed by atoms with Crippen LogP contribution in [0, 0.1) is 18.7 Å². The minimum absolute atomic E-state index is 0.142. The lowest BCUT2D eigenvalue weighted by Gasteiger charge is -2.09. The first-order valence-corrected chi connectivity index (χ1v) is 6.29. The number of rotatable bonds is 4. The summed E-state index contributed by atoms with van der Waals surface area (Å²) in [5, 5.41) is 2.86. The molecule has 0 bridgehead atoms. The van der Waals surface area contributed by atoms with E-state index in [0.29, 0.717) is 23.6 Å². The molecule has 1 unspecified atom stereocenters. The van der Waals surface area contributed by atoms with E-state index in [-0.39, 0.29) is 11.7 Å². The summed E-state index contributed by atoms with van der Waals surface area (Å²) in [5.74, 6) is 0.131. The second-order valence-electron chi connectivity index (χ2n) is 4.74. The largest absolute Gasteiger partial charge is 0.381 e. The molecule has 1 heterocycles. The maximum Gasteiger partial charge on any atom is 0.251 e. The van der Waals surface area contributed by atoms with E-state index in [0.717, 1.165) is 26.1 Å². The number of nitrogens with one attached hydrogen (secondary N) is 1. The Morgan fingerprint density at radius 2 is 2.39 bits per heavy atom. The highest BCUT2D eigenvalue weighted by molar-refractivity contribution is 5.94. The van der Waals surface area contributed by atoms with Crippen molar-refractivity contribution in [1.82, 2.24) is 5.32 Å². The van der Waals surface area contributed by atoms with Crippen LogP contribution in [0.2, 0.25) is 0 Å². The first-order valence-electron chi connectivity index (χ1n) is 6.29. The Morgan fingerprint density at radius 1 is 1.56 bits per heavy atom. The lowest BCUT2D eigenvalue weighted by atomic mass is 10.1. The smallest absolute Gasteiger partial charge is 0.251 e. The van der Waals surface area contributed by atoms with Crippen LogP contribution in [-0.2, 0) is 4.74 Å². The monoisotopic (exact) mass is 251 g/mol. The minimum Gasteiger partial charge on any atom is -0.381 e. The van der Waals surface area contributed by atoms with Crippen molar-refractivity contribution in [1.29, 1.82) is 0 Å². The number of hydrogen-bond donors (Lipinski definition) is 1. The van der Waals surface area contributed by atoms with Crippen molar-refractivity contribution in [3.8, 4) is 0 Å². The Morgan fingerprint density at radius 3 is 3.06 bits per heavy atom. The Labute approximate surface area is 106 Å². The van der Waals surface area contributed by atoms with E-state index >= 15 is 0 Å². The fraction of sp³-hybridized carbons (Fsp3) is 0.500. The normalized spacial score (nSPS) is 18.9. The molecule has 1 amide bonds. The molecule has 1 aromatic rings. The highest BCUT2D eigenvalue weighted by Crippen LogP contribution is 2.15. The number of carbonyl (C=O) groups is 1. The number of aryl methyl sites for hydroxylation is 1. The number of hydrogen-bond acceptors (Lipinski definition) is 2. The Hall–Kier alpha value is -1.42. The van der Waals surface area contributed by atoms with E-state index in [1.54, 1.807) is 13.0 Å². The van der Waals surface area contributed by atoms with Gasteiger partial charge in [0.25, 0.3) is 5.91 Å². The third-order valence-electron chi connectivity index (χ3n) is 3.28. The molecule has 1 N–H and O–H groups in total. The quantitative estimate of drug-likeness (QED) is 0.891. The van der Waals surface area contributed by atoms with Gasteiger partial charge in [-0.3, -0.25) is 4.79 Å². The molecule has 0 aliphatic carbocycles. The molecule has 0 aromatic heterocycles. The molecule has 18 heavy (non-hydrogen) atoms. The first-order chi connectivity index (χ1) is 8.66. The van der Waals surface area contributed by atoms with Crippen molar-refractivity contribution >= 4 is 5.91 Å². The van der Waals surface area contributed by atoms with Crippen molar-refractivity contribution in [3.63, 3.8) is 0 Å². The Bertz CT molecular complexity index is 428. The van der Waals surface area contributed by atoms with Crippen LogP contribution in [-0.4, -0.2) is 25.7 Å². The van der Waals surface area contributed by atoms with Crippen LogP contribution in [0.3, 0.4) is 0 Å². The summed E-state index contributed by atoms with van der Waals surface area (Å²) in [4.78, 5) is 11.8. The van der Waals surface area contributed by atoms with Crippen molar-refractivity contribution in [3.05, 3.63) is 35.1 Å². The summed E-state index contributed by atoms with van der Waals surface area (Å²) in [6.45, 7) is 3.92. The van der Waals surface area contributed by atoms with Crippen LogP contribution in [0.5, 0.6) is 0 Å². The SMILES string of the molecule is Cc1cc(C(=O)NCCC2CCOC2)ccc1F. The third kappa shape index (κ3) is 3.29. The second-order valence-corrected chi connectivity index (χ2v) is 4.74. The van der Waals surface area contributed by atoms with E-state index in [1.807, 2.05) is 0 Å². The van der Waals surface area contributed by atoms with E-state index in [9.17, 15) is 9.18 Å². The topological polar surface area (TPSA) is 38.3 Å². The standard InChI is InChI=1S/C14H18FNO2/c1-10-8-12(2-3-13(10)15)14(17)16-6-4-11-5-7-18-9-11/h2-3,8,11H,4-7,9H2,1H3,(H,16,17). The van der Waals surface area contributed by atoms with Crippen LogP contribution in [0.1, 0.15) is 28.8 Å². The summed E-state index contributed by atoms with van der Waals surface area (Å²) >= 11 is 0. The van der Waals surface area contributed by atoms with Gasteiger partial charge in [-0.25, -0.2) is 4.39 Å². The summed E-state index contributed by atoms with van der Waals surface area (Å²) < 4.78 is 18.3. The number of amides is 1. The molecular weight excluding hydrogens is 233 g/mol. The summed E-state index contributed by atoms with van der Waals surface area (Å²) in [6, 6.07) is 4.41. The number of carbonyl (C=O) groups excluding carboxylic acids is 1. The predicted molar refractivity (Wildman–Crippen MR) is 67.0 cm³/mol. The van der Waals surface area contributed by atoms with Gasteiger partial charge in [0.2, 0.25) is 0 Å². The van der Waals surface area contributed by atoms with E-state index in [4.69, 9.17) is 4.74 Å². The van der Waals surface area contributed by atoms with Crippen molar-refractivity contribution in [2.75, 3.05) is 19.8 Å². The van der Waals surface area contributed by atoms with Gasteiger partial charge in [-0.05, 0) is 49.4 Å². The molecule has 1 atom stereocenters. The minimum atomic E-state index is -0.283. The van der Waals surface area contributed by atoms with Crippen LogP contribution >= 0.6 is 0 Å². The van der Waals surface area contributed by atoms with Gasteiger partial charge in [-0.1, -0.05) is 0 Å². The summed E-state index contributed by atoms with van der Waals surface area (Å²) in [7, 11) is 0. The molecular formula is C14H18FNO2. The van der Waals surface area contributed by atoms with E-state index in [1.165, 1.54) is 12.1 Å². The van der Waals surface area contributed by atoms with Gasteiger partial charge in [0.15, 0.2) is 0 Å². The van der Waals surface area contributed by atoms with Crippen LogP contribution < -0.4 is 5.32 Å². The number of ether oxygens (including phenoxy) is 1. The van der Waals surface area contributed by atoms with Crippen LogP contribution in [0.4, 0.5) is 4.39 Å². The van der Waals surface area contributed by atoms with Crippen LogP contribution in [0.25, 0.3) is 0 Å². The molecule has 1 saturated heterocycles. The third-order valence-corrected chi connectivity index (χ3v) is 3.28. The molecule has 1 aliphatic heterocycles. The zero-order chi connectivity index (χ0) is 13.0. The van der Waals surface area contributed by atoms with Crippen molar-refractivity contribution in [2.45, 2.75) is 19.8 Å². The maximum absolute atomic E-state index is 13.1. The molecule has 2 rings (SSSR count). The van der Waals surface area contributed by atoms with Gasteiger partial charge < -0.3 is 10.1 Å². The van der Waals surface area contributed by atoms with E-state index < -0.39 is 0 Å². The lowest BCUT2D eigenvalue weighted by Crippen LogP contribution is -2.26. The zero-order valence-corrected chi connectivity index (χ0v) is 10.5. The lowest BCUT2D eigenvalue weighted by molar-refractivity contribution is 0.0950. The Balaban J connectivity index is 1.81. The highest BCUT2D eigenvalue weighted by Gasteiger charge is 2.15. The highest BCUT2D eigenvalue weighted by atomic mass is 19.1. The number of halogens is 1. The number of benzene rings is 1. The van der Waals surface area contributed by atoms with Gasteiger partial charge in [-0.15, -0.1) is 0 Å². The molecule has 1 aliphatic rings. The molecule has 1 fully saturated rings. The van der Waals surface area contributed by atoms with Gasteiger partial charge in [0, 0.05) is 25.3 Å². The van der Waals surface area contributed by atoms with Crippen LogP contribution in [0.15, 0.2) is 18.2 Å². The maximum atomic E-state index is 13.1. The second kappa shape index (κ2) is 5.96. The van der Waals surface area contributed by atoms with Gasteiger partial charge in [0.1, 0.15) is 5.82 Å². The molecule has 4 heteroatoms. The molecule has 0 spiro atoms. The fourth-order valence-corrected chi connectivity index (χ4v) is 2.09. The molecule has 98 valence electrons. The van der Waals surface area contributed by atoms with Crippen molar-refractivity contribution in [2.24, 2.45) is 5.92 Å². The van der Waals surface area contributed by atoms with Crippen molar-refractivity contribution < 1.29 is 13.9 Å². The van der Waals surface area contributed by atoms with E-state index in [2.05, 4.69) is 5.32 Å². The molecule has 1 aromatic carbocycles. The summed E-state index contributed by atoms with van der Waals surface area (Å²) in [5.41, 5.74) is 1.00. The average Bonchev–Trinajstić information content (AvgIpc) is 2.85. The Kier molecular flexibility index (Phi) is 4.31.